The molecule has 3 rings (SSSR count). The fraction of sp³-hybridized carbons (Fsp3) is 0.333. The molecule has 0 radical (unpaired) electrons. The molecule has 0 unspecified atom stereocenters. The van der Waals surface area contributed by atoms with E-state index in [1.54, 1.807) is 0 Å². The summed E-state index contributed by atoms with van der Waals surface area (Å²) in [6, 6.07) is 11.4. The molecule has 8 nitrogen and oxygen atoms in total. The Labute approximate surface area is 204 Å². The van der Waals surface area contributed by atoms with Crippen molar-refractivity contribution in [3.63, 3.8) is 0 Å². The Hall–Kier alpha value is -3.04. The van der Waals surface area contributed by atoms with Gasteiger partial charge in [-0.3, -0.25) is 14.3 Å². The molecule has 10 heteroatoms. The predicted octanol–water partition coefficient (Wildman–Crippen LogP) is 3.65. The summed E-state index contributed by atoms with van der Waals surface area (Å²) in [5.74, 6) is -0.281. The quantitative estimate of drug-likeness (QED) is 0.363. The van der Waals surface area contributed by atoms with Gasteiger partial charge in [0.2, 0.25) is 15.9 Å². The van der Waals surface area contributed by atoms with E-state index >= 15 is 0 Å². The third-order valence-corrected chi connectivity index (χ3v) is 6.42. The molecule has 0 aliphatic heterocycles. The molecular formula is C24H28ClN3O5S. The Balaban J connectivity index is 1.64. The third kappa shape index (κ3) is 6.74. The first-order valence-corrected chi connectivity index (χ1v) is 13.1. The van der Waals surface area contributed by atoms with Crippen molar-refractivity contribution in [2.75, 3.05) is 19.4 Å². The fourth-order valence-corrected chi connectivity index (χ4v) is 4.34. The van der Waals surface area contributed by atoms with Gasteiger partial charge in [-0.05, 0) is 61.6 Å². The largest absolute Gasteiger partial charge is 0.494 e. The first kappa shape index (κ1) is 25.6. The zero-order valence-electron chi connectivity index (χ0n) is 19.3. The standard InChI is InChI=1S/C24H28ClN3O5S/c1-15-13-17(14-16(2)22(15)25)33-12-6-8-19-18-7-4-5-9-20(18)27-23(19)24(30)26-11-10-21(29)28-34(3,31)32/h4-5,7,9,13-14,27H,6,8,10-12H2,1-3H3,(H,26,30)(H,28,29). The summed E-state index contributed by atoms with van der Waals surface area (Å²) in [4.78, 5) is 27.6. The molecule has 0 saturated heterocycles. The third-order valence-electron chi connectivity index (χ3n) is 5.23. The smallest absolute Gasteiger partial charge is 0.268 e. The molecular weight excluding hydrogens is 478 g/mol. The lowest BCUT2D eigenvalue weighted by molar-refractivity contribution is -0.119. The number of H-pyrrole nitrogens is 1. The van der Waals surface area contributed by atoms with Crippen molar-refractivity contribution in [2.24, 2.45) is 0 Å². The van der Waals surface area contributed by atoms with Crippen LogP contribution in [0.15, 0.2) is 36.4 Å². The summed E-state index contributed by atoms with van der Waals surface area (Å²) in [6.45, 7) is 4.34. The van der Waals surface area contributed by atoms with Crippen molar-refractivity contribution in [1.29, 1.82) is 0 Å². The molecule has 1 aromatic heterocycles. The fourth-order valence-electron chi connectivity index (χ4n) is 3.72. The van der Waals surface area contributed by atoms with E-state index in [9.17, 15) is 18.0 Å². The molecule has 0 saturated carbocycles. The second-order valence-electron chi connectivity index (χ2n) is 8.15. The molecule has 34 heavy (non-hydrogen) atoms. The minimum Gasteiger partial charge on any atom is -0.494 e. The van der Waals surface area contributed by atoms with Crippen LogP contribution in [0.4, 0.5) is 0 Å². The number of aryl methyl sites for hydroxylation is 3. The van der Waals surface area contributed by atoms with E-state index in [0.29, 0.717) is 25.1 Å². The van der Waals surface area contributed by atoms with E-state index < -0.39 is 15.9 Å². The van der Waals surface area contributed by atoms with Gasteiger partial charge in [0.05, 0.1) is 12.9 Å². The van der Waals surface area contributed by atoms with Gasteiger partial charge in [0.15, 0.2) is 0 Å². The Morgan fingerprint density at radius 1 is 1.12 bits per heavy atom. The molecule has 3 aromatic rings. The highest BCUT2D eigenvalue weighted by atomic mass is 35.5. The Kier molecular flexibility index (Phi) is 8.22. The molecule has 2 aromatic carbocycles. The number of aromatic amines is 1. The van der Waals surface area contributed by atoms with Gasteiger partial charge in [-0.25, -0.2) is 8.42 Å². The van der Waals surface area contributed by atoms with E-state index in [4.69, 9.17) is 16.3 Å². The van der Waals surface area contributed by atoms with Crippen LogP contribution < -0.4 is 14.8 Å². The monoisotopic (exact) mass is 505 g/mol. The van der Waals surface area contributed by atoms with Crippen molar-refractivity contribution in [3.8, 4) is 5.75 Å². The maximum absolute atomic E-state index is 12.8. The van der Waals surface area contributed by atoms with E-state index in [0.717, 1.165) is 44.6 Å². The van der Waals surface area contributed by atoms with Gasteiger partial charge in [0, 0.05) is 28.9 Å². The highest BCUT2D eigenvalue weighted by Crippen LogP contribution is 2.27. The number of fused-ring (bicyclic) bond motifs is 1. The average Bonchev–Trinajstić information content (AvgIpc) is 3.12. The molecule has 0 fully saturated rings. The average molecular weight is 506 g/mol. The van der Waals surface area contributed by atoms with Crippen molar-refractivity contribution in [3.05, 3.63) is 63.8 Å². The van der Waals surface area contributed by atoms with Crippen molar-refractivity contribution in [1.82, 2.24) is 15.0 Å². The van der Waals surface area contributed by atoms with Gasteiger partial charge in [0.25, 0.3) is 5.91 Å². The maximum Gasteiger partial charge on any atom is 0.268 e. The lowest BCUT2D eigenvalue weighted by Gasteiger charge is -2.11. The number of benzene rings is 2. The van der Waals surface area contributed by atoms with Crippen LogP contribution in [-0.2, 0) is 21.2 Å². The summed E-state index contributed by atoms with van der Waals surface area (Å²) in [5.41, 5.74) is 4.03. The number of halogens is 1. The number of nitrogens with one attached hydrogen (secondary N) is 3. The first-order chi connectivity index (χ1) is 16.0. The summed E-state index contributed by atoms with van der Waals surface area (Å²) in [6.07, 6.45) is 2.04. The van der Waals surface area contributed by atoms with E-state index in [2.05, 4.69) is 10.3 Å². The number of hydrogen-bond donors (Lipinski definition) is 3. The maximum atomic E-state index is 12.8. The summed E-state index contributed by atoms with van der Waals surface area (Å²) < 4.78 is 30.0. The molecule has 0 atom stereocenters. The summed E-state index contributed by atoms with van der Waals surface area (Å²) in [5, 5.41) is 4.36. The van der Waals surface area contributed by atoms with Crippen LogP contribution >= 0.6 is 11.6 Å². The number of aromatic nitrogens is 1. The van der Waals surface area contributed by atoms with E-state index in [1.165, 1.54) is 0 Å². The lowest BCUT2D eigenvalue weighted by atomic mass is 10.1. The topological polar surface area (TPSA) is 117 Å². The summed E-state index contributed by atoms with van der Waals surface area (Å²) >= 11 is 6.22. The first-order valence-electron chi connectivity index (χ1n) is 10.8. The number of para-hydroxylation sites is 1. The van der Waals surface area contributed by atoms with Crippen molar-refractivity contribution >= 4 is 44.3 Å². The Morgan fingerprint density at radius 2 is 1.79 bits per heavy atom. The van der Waals surface area contributed by atoms with Crippen LogP contribution in [0.3, 0.4) is 0 Å². The predicted molar refractivity (Wildman–Crippen MR) is 133 cm³/mol. The Morgan fingerprint density at radius 3 is 2.47 bits per heavy atom. The molecule has 0 bridgehead atoms. The number of hydrogen-bond acceptors (Lipinski definition) is 5. The van der Waals surface area contributed by atoms with Gasteiger partial charge in [-0.15, -0.1) is 0 Å². The van der Waals surface area contributed by atoms with Crippen LogP contribution in [0, 0.1) is 13.8 Å². The number of sulfonamides is 1. The molecule has 2 amide bonds. The van der Waals surface area contributed by atoms with Gasteiger partial charge in [-0.2, -0.15) is 0 Å². The van der Waals surface area contributed by atoms with E-state index in [1.807, 2.05) is 55.0 Å². The van der Waals surface area contributed by atoms with Crippen molar-refractivity contribution in [2.45, 2.75) is 33.1 Å². The molecule has 182 valence electrons. The SMILES string of the molecule is Cc1cc(OCCCc2c(C(=O)NCCC(=O)NS(C)(=O)=O)[nH]c3ccccc23)cc(C)c1Cl. The molecule has 0 aliphatic rings. The van der Waals surface area contributed by atoms with Crippen LogP contribution in [-0.4, -0.2) is 44.6 Å². The van der Waals surface area contributed by atoms with Gasteiger partial charge < -0.3 is 15.0 Å². The van der Waals surface area contributed by atoms with Gasteiger partial charge in [-0.1, -0.05) is 29.8 Å². The molecule has 0 spiro atoms. The normalized spacial score (nSPS) is 11.4. The number of carbonyl (C=O) groups is 2. The van der Waals surface area contributed by atoms with E-state index in [-0.39, 0.29) is 18.9 Å². The number of carbonyl (C=O) groups excluding carboxylic acids is 2. The number of amides is 2. The molecule has 1 heterocycles. The van der Waals surface area contributed by atoms with Crippen LogP contribution in [0.5, 0.6) is 5.75 Å². The lowest BCUT2D eigenvalue weighted by Crippen LogP contribution is -2.33. The Bertz CT molecular complexity index is 1290. The number of ether oxygens (including phenoxy) is 1. The van der Waals surface area contributed by atoms with Crippen LogP contribution in [0.1, 0.15) is 40.0 Å². The highest BCUT2D eigenvalue weighted by molar-refractivity contribution is 7.89. The van der Waals surface area contributed by atoms with Crippen LogP contribution in [0.2, 0.25) is 5.02 Å². The van der Waals surface area contributed by atoms with Gasteiger partial charge in [0.1, 0.15) is 11.4 Å². The highest BCUT2D eigenvalue weighted by Gasteiger charge is 2.18. The minimum absolute atomic E-state index is 0.00731. The van der Waals surface area contributed by atoms with Crippen LogP contribution in [0.25, 0.3) is 10.9 Å². The second-order valence-corrected chi connectivity index (χ2v) is 10.3. The summed E-state index contributed by atoms with van der Waals surface area (Å²) in [7, 11) is -3.63. The van der Waals surface area contributed by atoms with Crippen molar-refractivity contribution < 1.29 is 22.7 Å². The number of rotatable bonds is 10. The van der Waals surface area contributed by atoms with Gasteiger partial charge >= 0.3 is 0 Å². The second kappa shape index (κ2) is 10.9. The zero-order valence-corrected chi connectivity index (χ0v) is 20.9. The zero-order chi connectivity index (χ0) is 24.9. The molecule has 3 N–H and O–H groups in total. The minimum atomic E-state index is -3.63. The molecule has 0 aliphatic carbocycles.